The zero-order chi connectivity index (χ0) is 60.7. The second-order valence-corrected chi connectivity index (χ2v) is 31.4. The lowest BCUT2D eigenvalue weighted by Crippen LogP contribution is -2.74. The lowest BCUT2D eigenvalue weighted by molar-refractivity contribution is 0.884. The molecule has 0 radical (unpaired) electrons. The van der Waals surface area contributed by atoms with Gasteiger partial charge in [0.2, 0.25) is 17.7 Å². The largest absolute Gasteiger partial charge is 0.309 e. The van der Waals surface area contributed by atoms with Crippen molar-refractivity contribution < 1.29 is 0 Å². The average molecular weight is 1210 g/mol. The van der Waals surface area contributed by atoms with Crippen molar-refractivity contribution in [3.05, 3.63) is 340 Å². The maximum atomic E-state index is 5.78. The Bertz CT molecular complexity index is 5530. The SMILES string of the molecule is c1ccc([Si](c2ccccc2)(c2ccccc2)c2ccc3nc4n(-c5nc(-c6cccc(-n7c8ccccc8c8ccccc87)c6)nc(-n6c7ccccc7c7ccccc76)n5)c5ccc([Si](c6ccccc6)(c6ccccc6)c6ccccc6)cc5n4c3c2)cc1. The normalized spacial score (nSPS) is 12.1. The minimum atomic E-state index is -3.09. The number of rotatable bonds is 12. The first-order valence-electron chi connectivity index (χ1n) is 31.3. The molecule has 432 valence electrons. The van der Waals surface area contributed by atoms with Gasteiger partial charge in [-0.2, -0.15) is 15.0 Å². The molecule has 92 heavy (non-hydrogen) atoms. The first-order chi connectivity index (χ1) is 45.6. The quantitative estimate of drug-likeness (QED) is 0.0903. The topological polar surface area (TPSA) is 70.8 Å². The molecule has 0 aliphatic heterocycles. The summed E-state index contributed by atoms with van der Waals surface area (Å²) in [7, 11) is -6.13. The van der Waals surface area contributed by atoms with Crippen LogP contribution in [0.15, 0.2) is 340 Å². The van der Waals surface area contributed by atoms with Crippen molar-refractivity contribution >= 4 is 129 Å². The second kappa shape index (κ2) is 21.5. The highest BCUT2D eigenvalue weighted by molar-refractivity contribution is 7.20. The lowest BCUT2D eigenvalue weighted by atomic mass is 10.2. The summed E-state index contributed by atoms with van der Waals surface area (Å²) in [5, 5.41) is 14.8. The van der Waals surface area contributed by atoms with E-state index in [1.165, 1.54) is 52.3 Å². The molecule has 5 aromatic heterocycles. The third kappa shape index (κ3) is 8.07. The fourth-order valence-corrected chi connectivity index (χ4v) is 24.6. The third-order valence-corrected chi connectivity index (χ3v) is 28.5. The fourth-order valence-electron chi connectivity index (χ4n) is 15.0. The molecule has 8 nitrogen and oxygen atoms in total. The Morgan fingerprint density at radius 1 is 0.228 bits per heavy atom. The van der Waals surface area contributed by atoms with Gasteiger partial charge in [-0.1, -0.05) is 279 Å². The van der Waals surface area contributed by atoms with E-state index < -0.39 is 16.1 Å². The Hall–Kier alpha value is -11.8. The van der Waals surface area contributed by atoms with Crippen LogP contribution in [0.1, 0.15) is 0 Å². The van der Waals surface area contributed by atoms with Gasteiger partial charge >= 0.3 is 0 Å². The number of hydrogen-bond donors (Lipinski definition) is 0. The van der Waals surface area contributed by atoms with Crippen molar-refractivity contribution in [2.45, 2.75) is 0 Å². The Kier molecular flexibility index (Phi) is 12.4. The molecule has 0 fully saturated rings. The molecular formula is C82H56N8Si2. The van der Waals surface area contributed by atoms with Crippen molar-refractivity contribution in [1.29, 1.82) is 0 Å². The van der Waals surface area contributed by atoms with Crippen LogP contribution >= 0.6 is 0 Å². The number of aromatic nitrogens is 8. The molecule has 0 N–H and O–H groups in total. The van der Waals surface area contributed by atoms with E-state index in [9.17, 15) is 0 Å². The maximum absolute atomic E-state index is 5.78. The minimum Gasteiger partial charge on any atom is -0.309 e. The molecule has 0 spiro atoms. The predicted molar refractivity (Wildman–Crippen MR) is 384 cm³/mol. The van der Waals surface area contributed by atoms with E-state index in [1.54, 1.807) is 0 Å². The summed E-state index contributed by atoms with van der Waals surface area (Å²) >= 11 is 0. The van der Waals surface area contributed by atoms with E-state index in [0.29, 0.717) is 23.5 Å². The van der Waals surface area contributed by atoms with Crippen LogP contribution in [0, 0.1) is 0 Å². The summed E-state index contributed by atoms with van der Waals surface area (Å²) in [6, 6.07) is 124. The van der Waals surface area contributed by atoms with Gasteiger partial charge in [-0.25, -0.2) is 9.55 Å². The van der Waals surface area contributed by atoms with Crippen molar-refractivity contribution in [1.82, 2.24) is 38.0 Å². The van der Waals surface area contributed by atoms with E-state index in [-0.39, 0.29) is 0 Å². The number of fused-ring (bicyclic) bond motifs is 11. The van der Waals surface area contributed by atoms with Gasteiger partial charge in [0.05, 0.1) is 44.1 Å². The predicted octanol–water partition coefficient (Wildman–Crippen LogP) is 13.2. The summed E-state index contributed by atoms with van der Waals surface area (Å²) in [6.45, 7) is 0. The summed E-state index contributed by atoms with van der Waals surface area (Å²) in [5.74, 6) is 2.15. The zero-order valence-electron chi connectivity index (χ0n) is 49.9. The highest BCUT2D eigenvalue weighted by Gasteiger charge is 2.44. The minimum absolute atomic E-state index is 0.441. The van der Waals surface area contributed by atoms with Gasteiger partial charge in [0.25, 0.3) is 0 Å². The molecule has 18 aromatic rings. The molecule has 10 heteroatoms. The van der Waals surface area contributed by atoms with Gasteiger partial charge in [0.1, 0.15) is 0 Å². The van der Waals surface area contributed by atoms with Crippen LogP contribution in [0.5, 0.6) is 0 Å². The molecule has 0 saturated heterocycles. The van der Waals surface area contributed by atoms with E-state index in [1.807, 2.05) is 0 Å². The maximum Gasteiger partial charge on any atom is 0.242 e. The molecule has 13 aromatic carbocycles. The number of hydrogen-bond acceptors (Lipinski definition) is 4. The Balaban J connectivity index is 0.965. The number of imidazole rings is 2. The molecule has 0 atom stereocenters. The van der Waals surface area contributed by atoms with Gasteiger partial charge in [-0.3, -0.25) is 8.97 Å². The zero-order valence-corrected chi connectivity index (χ0v) is 51.9. The van der Waals surface area contributed by atoms with Crippen LogP contribution in [0.2, 0.25) is 0 Å². The van der Waals surface area contributed by atoms with Gasteiger partial charge in [0, 0.05) is 32.8 Å². The second-order valence-electron chi connectivity index (χ2n) is 23.7. The van der Waals surface area contributed by atoms with Crippen LogP contribution in [0.3, 0.4) is 0 Å². The highest BCUT2D eigenvalue weighted by atomic mass is 28.3. The van der Waals surface area contributed by atoms with Crippen LogP contribution in [0.25, 0.3) is 100 Å². The molecular weight excluding hydrogens is 1150 g/mol. The van der Waals surface area contributed by atoms with Gasteiger partial charge in [-0.15, -0.1) is 0 Å². The van der Waals surface area contributed by atoms with E-state index in [0.717, 1.165) is 66.2 Å². The Morgan fingerprint density at radius 3 is 1.03 bits per heavy atom. The first kappa shape index (κ1) is 53.2. The standard InChI is InChI=1S/C82H56N8Si2/c1-7-30-59(31-8-1)91(60-32-9-2-10-33-60,61-34-11-3-12-35-61)65-50-52-71-77(55-65)89-78-56-66(92(62-36-13-4-14-37-62,63-38-15-5-16-39-63)64-40-17-6-18-41-64)51-53-76(78)90(82(89)83-71)81-85-79(84-80(86-81)88-74-48-25-21-44-69(74)70-45-22-26-49-75(70)88)57-28-27-29-58(54-57)87-72-46-23-19-42-67(72)68-43-20-24-47-73(68)87/h1-56H. The van der Waals surface area contributed by atoms with Crippen LogP contribution in [0.4, 0.5) is 0 Å². The number of nitrogens with zero attached hydrogens (tertiary/aromatic N) is 8. The smallest absolute Gasteiger partial charge is 0.242 e. The van der Waals surface area contributed by atoms with Gasteiger partial charge in [-0.05, 0) is 102 Å². The van der Waals surface area contributed by atoms with Crippen LogP contribution in [-0.4, -0.2) is 54.2 Å². The van der Waals surface area contributed by atoms with E-state index >= 15 is 0 Å². The summed E-state index contributed by atoms with van der Waals surface area (Å²) in [4.78, 5) is 22.8. The van der Waals surface area contributed by atoms with Gasteiger partial charge < -0.3 is 4.57 Å². The molecule has 18 rings (SSSR count). The average Bonchev–Trinajstić information content (AvgIpc) is 1.47. The molecule has 0 aliphatic rings. The van der Waals surface area contributed by atoms with Crippen molar-refractivity contribution in [2.75, 3.05) is 0 Å². The number of para-hydroxylation sites is 4. The molecule has 0 unspecified atom stereocenters. The monoisotopic (exact) mass is 1210 g/mol. The van der Waals surface area contributed by atoms with E-state index in [4.69, 9.17) is 19.9 Å². The van der Waals surface area contributed by atoms with Crippen molar-refractivity contribution in [2.24, 2.45) is 0 Å². The highest BCUT2D eigenvalue weighted by Crippen LogP contribution is 2.36. The molecule has 0 bridgehead atoms. The summed E-state index contributed by atoms with van der Waals surface area (Å²) < 4.78 is 9.13. The molecule has 5 heterocycles. The Labute approximate surface area is 532 Å². The summed E-state index contributed by atoms with van der Waals surface area (Å²) in [6.07, 6.45) is 0. The molecule has 0 saturated carbocycles. The van der Waals surface area contributed by atoms with E-state index in [2.05, 4.69) is 358 Å². The third-order valence-electron chi connectivity index (χ3n) is 18.9. The lowest BCUT2D eigenvalue weighted by Gasteiger charge is -2.34. The summed E-state index contributed by atoms with van der Waals surface area (Å²) in [5.41, 5.74) is 9.81. The molecule has 0 aliphatic carbocycles. The van der Waals surface area contributed by atoms with Crippen LogP contribution in [-0.2, 0) is 0 Å². The number of benzene rings is 13. The van der Waals surface area contributed by atoms with Crippen LogP contribution < -0.4 is 41.5 Å². The Morgan fingerprint density at radius 2 is 0.598 bits per heavy atom. The fraction of sp³-hybridized carbons (Fsp3) is 0. The first-order valence-corrected chi connectivity index (χ1v) is 35.3. The van der Waals surface area contributed by atoms with Crippen molar-refractivity contribution in [3.63, 3.8) is 0 Å². The molecule has 0 amide bonds. The van der Waals surface area contributed by atoms with Crippen molar-refractivity contribution in [3.8, 4) is 29.0 Å². The van der Waals surface area contributed by atoms with Gasteiger partial charge in [0.15, 0.2) is 22.0 Å².